The largest absolute Gasteiger partial charge is 0.396 e. The summed E-state index contributed by atoms with van der Waals surface area (Å²) in [4.78, 5) is 11.5. The van der Waals surface area contributed by atoms with Crippen molar-refractivity contribution in [2.75, 3.05) is 25.2 Å². The third kappa shape index (κ3) is 7.82. The first kappa shape index (κ1) is 15.6. The van der Waals surface area contributed by atoms with Crippen LogP contribution in [0.15, 0.2) is 0 Å². The lowest BCUT2D eigenvalue weighted by molar-refractivity contribution is 0.200. The standard InChI is InChI=1S/C11H24N2O2S/c1-9(7-16-4)13-10(15)12-8-11(2,3)5-6-14/h9,14H,5-8H2,1-4H3,(H2,12,13,15). The normalized spacial score (nSPS) is 13.3. The fourth-order valence-corrected chi connectivity index (χ4v) is 1.86. The van der Waals surface area contributed by atoms with E-state index in [-0.39, 0.29) is 24.1 Å². The van der Waals surface area contributed by atoms with E-state index in [2.05, 4.69) is 10.6 Å². The molecule has 0 bridgehead atoms. The van der Waals surface area contributed by atoms with E-state index < -0.39 is 0 Å². The Morgan fingerprint density at radius 3 is 2.62 bits per heavy atom. The zero-order valence-corrected chi connectivity index (χ0v) is 11.5. The number of hydrogen-bond donors (Lipinski definition) is 3. The van der Waals surface area contributed by atoms with Gasteiger partial charge in [-0.15, -0.1) is 0 Å². The third-order valence-corrected chi connectivity index (χ3v) is 3.14. The molecule has 0 spiro atoms. The van der Waals surface area contributed by atoms with Gasteiger partial charge in [0.2, 0.25) is 0 Å². The summed E-state index contributed by atoms with van der Waals surface area (Å²) in [5.74, 6) is 0.910. The fourth-order valence-electron chi connectivity index (χ4n) is 1.28. The van der Waals surface area contributed by atoms with Crippen molar-refractivity contribution < 1.29 is 9.90 Å². The molecule has 1 unspecified atom stereocenters. The molecule has 0 heterocycles. The minimum absolute atomic E-state index is 0.0607. The molecule has 0 aromatic rings. The molecule has 5 heteroatoms. The molecule has 1 atom stereocenters. The first-order valence-corrected chi connectivity index (χ1v) is 6.95. The van der Waals surface area contributed by atoms with Crippen LogP contribution in [0, 0.1) is 5.41 Å². The zero-order chi connectivity index (χ0) is 12.6. The number of aliphatic hydroxyl groups excluding tert-OH is 1. The van der Waals surface area contributed by atoms with Gasteiger partial charge in [-0.3, -0.25) is 0 Å². The molecule has 0 aliphatic heterocycles. The Labute approximate surface area is 103 Å². The van der Waals surface area contributed by atoms with Crippen molar-refractivity contribution in [2.24, 2.45) is 5.41 Å². The third-order valence-electron chi connectivity index (χ3n) is 2.31. The van der Waals surface area contributed by atoms with Gasteiger partial charge in [-0.05, 0) is 25.0 Å². The number of aliphatic hydroxyl groups is 1. The van der Waals surface area contributed by atoms with Crippen molar-refractivity contribution >= 4 is 17.8 Å². The minimum atomic E-state index is -0.132. The highest BCUT2D eigenvalue weighted by molar-refractivity contribution is 7.98. The summed E-state index contributed by atoms with van der Waals surface area (Å²) in [6.45, 7) is 6.75. The Kier molecular flexibility index (Phi) is 7.58. The van der Waals surface area contributed by atoms with Crippen LogP contribution in [0.1, 0.15) is 27.2 Å². The molecule has 3 N–H and O–H groups in total. The monoisotopic (exact) mass is 248 g/mol. The number of urea groups is 1. The summed E-state index contributed by atoms with van der Waals surface area (Å²) < 4.78 is 0. The quantitative estimate of drug-likeness (QED) is 0.639. The van der Waals surface area contributed by atoms with Gasteiger partial charge in [0, 0.05) is 24.9 Å². The van der Waals surface area contributed by atoms with Gasteiger partial charge in [0.05, 0.1) is 0 Å². The lowest BCUT2D eigenvalue weighted by atomic mass is 9.90. The van der Waals surface area contributed by atoms with Crippen LogP contribution in [0.3, 0.4) is 0 Å². The molecular formula is C11H24N2O2S. The first-order chi connectivity index (χ1) is 7.41. The van der Waals surface area contributed by atoms with Gasteiger partial charge < -0.3 is 15.7 Å². The molecule has 96 valence electrons. The molecule has 0 aromatic heterocycles. The molecule has 0 aromatic carbocycles. The molecule has 0 aliphatic rings. The zero-order valence-electron chi connectivity index (χ0n) is 10.7. The van der Waals surface area contributed by atoms with Gasteiger partial charge in [0.15, 0.2) is 0 Å². The average molecular weight is 248 g/mol. The Bertz CT molecular complexity index is 210. The topological polar surface area (TPSA) is 61.4 Å². The van der Waals surface area contributed by atoms with Crippen LogP contribution in [0.5, 0.6) is 0 Å². The van der Waals surface area contributed by atoms with E-state index in [0.29, 0.717) is 13.0 Å². The van der Waals surface area contributed by atoms with Crippen molar-refractivity contribution in [1.82, 2.24) is 10.6 Å². The average Bonchev–Trinajstić information content (AvgIpc) is 2.15. The second-order valence-corrected chi connectivity index (χ2v) is 5.73. The number of rotatable bonds is 7. The Morgan fingerprint density at radius 2 is 2.12 bits per heavy atom. The van der Waals surface area contributed by atoms with Crippen molar-refractivity contribution in [3.63, 3.8) is 0 Å². The Hall–Kier alpha value is -0.420. The van der Waals surface area contributed by atoms with E-state index in [9.17, 15) is 4.79 Å². The number of amides is 2. The molecule has 2 amide bonds. The van der Waals surface area contributed by atoms with Gasteiger partial charge in [-0.25, -0.2) is 4.79 Å². The molecule has 0 radical (unpaired) electrons. The SMILES string of the molecule is CSCC(C)NC(=O)NCC(C)(C)CCO. The molecule has 16 heavy (non-hydrogen) atoms. The maximum atomic E-state index is 11.5. The van der Waals surface area contributed by atoms with E-state index in [0.717, 1.165) is 5.75 Å². The highest BCUT2D eigenvalue weighted by Gasteiger charge is 2.18. The number of thioether (sulfide) groups is 1. The van der Waals surface area contributed by atoms with Gasteiger partial charge in [0.25, 0.3) is 0 Å². The molecule has 4 nitrogen and oxygen atoms in total. The van der Waals surface area contributed by atoms with E-state index in [1.54, 1.807) is 11.8 Å². The van der Waals surface area contributed by atoms with E-state index in [1.807, 2.05) is 27.0 Å². The van der Waals surface area contributed by atoms with Gasteiger partial charge in [-0.2, -0.15) is 11.8 Å². The molecule has 0 saturated carbocycles. The van der Waals surface area contributed by atoms with Gasteiger partial charge in [-0.1, -0.05) is 13.8 Å². The number of hydrogen-bond acceptors (Lipinski definition) is 3. The van der Waals surface area contributed by atoms with Crippen LogP contribution < -0.4 is 10.6 Å². The van der Waals surface area contributed by atoms with Crippen molar-refractivity contribution in [1.29, 1.82) is 0 Å². The smallest absolute Gasteiger partial charge is 0.315 e. The molecule has 0 fully saturated rings. The molecule has 0 saturated heterocycles. The Balaban J connectivity index is 3.80. The maximum absolute atomic E-state index is 11.5. The number of carbonyl (C=O) groups is 1. The lowest BCUT2D eigenvalue weighted by Gasteiger charge is -2.24. The highest BCUT2D eigenvalue weighted by Crippen LogP contribution is 2.17. The maximum Gasteiger partial charge on any atom is 0.315 e. The van der Waals surface area contributed by atoms with E-state index >= 15 is 0 Å². The van der Waals surface area contributed by atoms with E-state index in [1.165, 1.54) is 0 Å². The molecule has 0 rings (SSSR count). The van der Waals surface area contributed by atoms with Crippen molar-refractivity contribution in [3.8, 4) is 0 Å². The van der Waals surface area contributed by atoms with Crippen molar-refractivity contribution in [2.45, 2.75) is 33.2 Å². The van der Waals surface area contributed by atoms with Crippen LogP contribution in [-0.2, 0) is 0 Å². The predicted molar refractivity (Wildman–Crippen MR) is 69.9 cm³/mol. The number of nitrogens with one attached hydrogen (secondary N) is 2. The summed E-state index contributed by atoms with van der Waals surface area (Å²) in [7, 11) is 0. The fraction of sp³-hybridized carbons (Fsp3) is 0.909. The summed E-state index contributed by atoms with van der Waals surface area (Å²) in [6, 6.07) is 0.0449. The second-order valence-electron chi connectivity index (χ2n) is 4.82. The second kappa shape index (κ2) is 7.79. The van der Waals surface area contributed by atoms with Gasteiger partial charge in [0.1, 0.15) is 0 Å². The summed E-state index contributed by atoms with van der Waals surface area (Å²) in [6.07, 6.45) is 2.70. The van der Waals surface area contributed by atoms with Crippen molar-refractivity contribution in [3.05, 3.63) is 0 Å². The first-order valence-electron chi connectivity index (χ1n) is 5.55. The van der Waals surface area contributed by atoms with Crippen LogP contribution in [0.4, 0.5) is 4.79 Å². The minimum Gasteiger partial charge on any atom is -0.396 e. The van der Waals surface area contributed by atoms with Gasteiger partial charge >= 0.3 is 6.03 Å². The summed E-state index contributed by atoms with van der Waals surface area (Å²) in [5.41, 5.74) is -0.0607. The van der Waals surface area contributed by atoms with Crippen LogP contribution in [-0.4, -0.2) is 42.3 Å². The summed E-state index contributed by atoms with van der Waals surface area (Å²) in [5, 5.41) is 14.5. The predicted octanol–water partition coefficient (Wildman–Crippen LogP) is 1.45. The van der Waals surface area contributed by atoms with Crippen LogP contribution in [0.25, 0.3) is 0 Å². The van der Waals surface area contributed by atoms with Crippen LogP contribution in [0.2, 0.25) is 0 Å². The highest BCUT2D eigenvalue weighted by atomic mass is 32.2. The number of carbonyl (C=O) groups excluding carboxylic acids is 1. The molecular weight excluding hydrogens is 224 g/mol. The Morgan fingerprint density at radius 1 is 1.50 bits per heavy atom. The lowest BCUT2D eigenvalue weighted by Crippen LogP contribution is -2.45. The summed E-state index contributed by atoms with van der Waals surface area (Å²) >= 11 is 1.71. The molecule has 0 aliphatic carbocycles. The van der Waals surface area contributed by atoms with Crippen LogP contribution >= 0.6 is 11.8 Å². The van der Waals surface area contributed by atoms with E-state index in [4.69, 9.17) is 5.11 Å².